The van der Waals surface area contributed by atoms with Crippen LogP contribution in [0.25, 0.3) is 0 Å². The van der Waals surface area contributed by atoms with Crippen LogP contribution in [0, 0.1) is 5.92 Å². The molecule has 1 aliphatic rings. The summed E-state index contributed by atoms with van der Waals surface area (Å²) in [5, 5.41) is 11.7. The monoisotopic (exact) mass is 278 g/mol. The number of amidine groups is 1. The average molecular weight is 278 g/mol. The van der Waals surface area contributed by atoms with E-state index in [2.05, 4.69) is 14.6 Å². The lowest BCUT2D eigenvalue weighted by molar-refractivity contribution is 0.309. The number of hydrogen-bond donors (Lipinski definition) is 4. The van der Waals surface area contributed by atoms with Gasteiger partial charge in [0.2, 0.25) is 0 Å². The minimum Gasteiger partial charge on any atom is -0.409 e. The fourth-order valence-electron chi connectivity index (χ4n) is 2.05. The number of oxime groups is 1. The third kappa shape index (κ3) is 3.82. The number of rotatable bonds is 6. The van der Waals surface area contributed by atoms with Gasteiger partial charge in [-0.25, -0.2) is 4.72 Å². The molecule has 0 aromatic heterocycles. The van der Waals surface area contributed by atoms with E-state index in [0.29, 0.717) is 19.4 Å². The first kappa shape index (κ1) is 15.2. The summed E-state index contributed by atoms with van der Waals surface area (Å²) < 4.78 is 28.8. The lowest BCUT2D eigenvalue weighted by Gasteiger charge is -2.28. The predicted molar refractivity (Wildman–Crippen MR) is 69.5 cm³/mol. The molecule has 1 rings (SSSR count). The van der Waals surface area contributed by atoms with E-state index in [9.17, 15) is 8.42 Å². The Morgan fingerprint density at radius 3 is 2.44 bits per heavy atom. The van der Waals surface area contributed by atoms with Crippen molar-refractivity contribution in [1.82, 2.24) is 9.44 Å². The molecule has 0 amide bonds. The van der Waals surface area contributed by atoms with E-state index in [1.165, 1.54) is 0 Å². The quantitative estimate of drug-likeness (QED) is 0.239. The molecule has 1 fully saturated rings. The highest BCUT2D eigenvalue weighted by Crippen LogP contribution is 2.30. The lowest BCUT2D eigenvalue weighted by atomic mass is 9.98. The van der Waals surface area contributed by atoms with Gasteiger partial charge in [0.1, 0.15) is 0 Å². The minimum atomic E-state index is -3.65. The van der Waals surface area contributed by atoms with E-state index in [1.807, 2.05) is 13.8 Å². The first-order valence-corrected chi connectivity index (χ1v) is 7.56. The van der Waals surface area contributed by atoms with Crippen LogP contribution in [0.5, 0.6) is 0 Å². The highest BCUT2D eigenvalue weighted by Gasteiger charge is 2.41. The van der Waals surface area contributed by atoms with Gasteiger partial charge in [0.15, 0.2) is 5.84 Å². The minimum absolute atomic E-state index is 0.0741. The molecule has 0 unspecified atom stereocenters. The van der Waals surface area contributed by atoms with Crippen molar-refractivity contribution in [3.63, 3.8) is 0 Å². The molecule has 1 aliphatic carbocycles. The van der Waals surface area contributed by atoms with Gasteiger partial charge >= 0.3 is 0 Å². The zero-order chi connectivity index (χ0) is 13.8. The van der Waals surface area contributed by atoms with Gasteiger partial charge in [-0.3, -0.25) is 0 Å². The van der Waals surface area contributed by atoms with Gasteiger partial charge in [-0.1, -0.05) is 31.8 Å². The number of nitrogens with one attached hydrogen (secondary N) is 2. The van der Waals surface area contributed by atoms with Crippen molar-refractivity contribution in [2.24, 2.45) is 16.8 Å². The smallest absolute Gasteiger partial charge is 0.277 e. The van der Waals surface area contributed by atoms with Crippen LogP contribution >= 0.6 is 0 Å². The molecule has 106 valence electrons. The lowest BCUT2D eigenvalue weighted by Crippen LogP contribution is -2.58. The maximum absolute atomic E-state index is 11.9. The van der Waals surface area contributed by atoms with Gasteiger partial charge in [0.25, 0.3) is 10.2 Å². The zero-order valence-corrected chi connectivity index (χ0v) is 11.6. The highest BCUT2D eigenvalue weighted by atomic mass is 32.2. The summed E-state index contributed by atoms with van der Waals surface area (Å²) in [5.41, 5.74) is 4.67. The van der Waals surface area contributed by atoms with Crippen molar-refractivity contribution in [2.75, 3.05) is 6.54 Å². The third-order valence-corrected chi connectivity index (χ3v) is 4.27. The van der Waals surface area contributed by atoms with Crippen molar-refractivity contribution < 1.29 is 13.6 Å². The molecule has 0 aromatic carbocycles. The van der Waals surface area contributed by atoms with Gasteiger partial charge in [0, 0.05) is 6.54 Å². The SMILES string of the molecule is CC(C)CNS(=O)(=O)NC1(C(N)=NO)CCCC1. The Bertz CT molecular complexity index is 399. The summed E-state index contributed by atoms with van der Waals surface area (Å²) in [5.74, 6) is 0.139. The fourth-order valence-corrected chi connectivity index (χ4v) is 3.50. The highest BCUT2D eigenvalue weighted by molar-refractivity contribution is 7.87. The van der Waals surface area contributed by atoms with Crippen LogP contribution in [0.1, 0.15) is 39.5 Å². The molecule has 0 aromatic rings. The maximum Gasteiger partial charge on any atom is 0.277 e. The molecule has 8 heteroatoms. The fraction of sp³-hybridized carbons (Fsp3) is 0.900. The standard InChI is InChI=1S/C10H22N4O3S/c1-8(2)7-12-18(16,17)14-10(9(11)13-15)5-3-4-6-10/h8,12,14-15H,3-7H2,1-2H3,(H2,11,13). The topological polar surface area (TPSA) is 117 Å². The van der Waals surface area contributed by atoms with Crippen molar-refractivity contribution in [1.29, 1.82) is 0 Å². The maximum atomic E-state index is 11.9. The molecule has 0 saturated heterocycles. The molecule has 0 heterocycles. The van der Waals surface area contributed by atoms with Crippen molar-refractivity contribution in [3.05, 3.63) is 0 Å². The van der Waals surface area contributed by atoms with Crippen LogP contribution in [0.2, 0.25) is 0 Å². The molecule has 5 N–H and O–H groups in total. The van der Waals surface area contributed by atoms with Crippen LogP contribution in [-0.2, 0) is 10.2 Å². The summed E-state index contributed by atoms with van der Waals surface area (Å²) in [4.78, 5) is 0. The van der Waals surface area contributed by atoms with Gasteiger partial charge in [0.05, 0.1) is 5.54 Å². The van der Waals surface area contributed by atoms with Crippen molar-refractivity contribution in [2.45, 2.75) is 45.1 Å². The van der Waals surface area contributed by atoms with Crippen LogP contribution < -0.4 is 15.2 Å². The van der Waals surface area contributed by atoms with Gasteiger partial charge in [-0.05, 0) is 18.8 Å². The van der Waals surface area contributed by atoms with Crippen LogP contribution in [0.3, 0.4) is 0 Å². The largest absolute Gasteiger partial charge is 0.409 e. The molecule has 7 nitrogen and oxygen atoms in total. The van der Waals surface area contributed by atoms with E-state index < -0.39 is 15.7 Å². The second-order valence-electron chi connectivity index (χ2n) is 5.12. The Kier molecular flexibility index (Phi) is 4.94. The van der Waals surface area contributed by atoms with E-state index in [-0.39, 0.29) is 11.8 Å². The second-order valence-corrected chi connectivity index (χ2v) is 6.62. The summed E-state index contributed by atoms with van der Waals surface area (Å²) in [6, 6.07) is 0. The number of hydrogen-bond acceptors (Lipinski definition) is 4. The normalized spacial score (nSPS) is 20.5. The molecule has 0 atom stereocenters. The van der Waals surface area contributed by atoms with E-state index in [0.717, 1.165) is 12.8 Å². The molecule has 0 aliphatic heterocycles. The first-order chi connectivity index (χ1) is 8.31. The molecule has 0 bridgehead atoms. The average Bonchev–Trinajstić information content (AvgIpc) is 2.74. The first-order valence-electron chi connectivity index (χ1n) is 6.08. The Morgan fingerprint density at radius 1 is 1.44 bits per heavy atom. The van der Waals surface area contributed by atoms with Crippen molar-refractivity contribution >= 4 is 16.0 Å². The summed E-state index contributed by atoms with van der Waals surface area (Å²) in [6.45, 7) is 4.18. The Labute approximate surface area is 108 Å². The van der Waals surface area contributed by atoms with Crippen LogP contribution in [-0.4, -0.2) is 31.5 Å². The van der Waals surface area contributed by atoms with Gasteiger partial charge in [-0.15, -0.1) is 0 Å². The summed E-state index contributed by atoms with van der Waals surface area (Å²) >= 11 is 0. The Morgan fingerprint density at radius 2 is 2.00 bits per heavy atom. The van der Waals surface area contributed by atoms with Crippen LogP contribution in [0.15, 0.2) is 5.16 Å². The number of nitrogens with zero attached hydrogens (tertiary/aromatic N) is 1. The van der Waals surface area contributed by atoms with Crippen molar-refractivity contribution in [3.8, 4) is 0 Å². The number of nitrogens with two attached hydrogens (primary N) is 1. The van der Waals surface area contributed by atoms with E-state index in [1.54, 1.807) is 0 Å². The molecule has 18 heavy (non-hydrogen) atoms. The molecule has 1 saturated carbocycles. The summed E-state index contributed by atoms with van der Waals surface area (Å²) in [7, 11) is -3.65. The molecular weight excluding hydrogens is 256 g/mol. The van der Waals surface area contributed by atoms with E-state index >= 15 is 0 Å². The Hall–Kier alpha value is -0.860. The van der Waals surface area contributed by atoms with Crippen LogP contribution in [0.4, 0.5) is 0 Å². The van der Waals surface area contributed by atoms with E-state index in [4.69, 9.17) is 10.9 Å². The third-order valence-electron chi connectivity index (χ3n) is 3.07. The molecule has 0 radical (unpaired) electrons. The molecule has 0 spiro atoms. The zero-order valence-electron chi connectivity index (χ0n) is 10.8. The predicted octanol–water partition coefficient (Wildman–Crippen LogP) is 0.126. The summed E-state index contributed by atoms with van der Waals surface area (Å²) in [6.07, 6.45) is 2.79. The van der Waals surface area contributed by atoms with Gasteiger partial charge in [-0.2, -0.15) is 13.1 Å². The molecular formula is C10H22N4O3S. The van der Waals surface area contributed by atoms with Gasteiger partial charge < -0.3 is 10.9 Å². The Balaban J connectivity index is 2.79. The second kappa shape index (κ2) is 5.85.